The number of rotatable bonds is 14. The Morgan fingerprint density at radius 2 is 1.21 bits per heavy atom. The lowest BCUT2D eigenvalue weighted by molar-refractivity contribution is -0.685. The van der Waals surface area contributed by atoms with Gasteiger partial charge in [-0.2, -0.15) is 0 Å². The highest BCUT2D eigenvalue weighted by Crippen LogP contribution is 2.26. The quantitative estimate of drug-likeness (QED) is 0.141. The van der Waals surface area contributed by atoms with Crippen molar-refractivity contribution >= 4 is 7.25 Å². The van der Waals surface area contributed by atoms with Crippen molar-refractivity contribution in [1.29, 1.82) is 0 Å². The largest absolute Gasteiger partial charge is 0.673 e. The Hall–Kier alpha value is -1.01. The molecule has 28 heavy (non-hydrogen) atoms. The van der Waals surface area contributed by atoms with E-state index < -0.39 is 7.25 Å². The minimum atomic E-state index is -6.00. The average Bonchev–Trinajstić information content (AvgIpc) is 2.94. The number of hydrogen-bond donors (Lipinski definition) is 1. The van der Waals surface area contributed by atoms with E-state index in [1.807, 2.05) is 0 Å². The van der Waals surface area contributed by atoms with Gasteiger partial charge >= 0.3 is 7.25 Å². The van der Waals surface area contributed by atoms with Gasteiger partial charge in [0.15, 0.2) is 0 Å². The third kappa shape index (κ3) is 15.0. The van der Waals surface area contributed by atoms with E-state index in [1.165, 1.54) is 95.0 Å². The topological polar surface area (TPSA) is 19.7 Å². The maximum atomic E-state index is 9.75. The van der Waals surface area contributed by atoms with Gasteiger partial charge in [0.25, 0.3) is 5.82 Å². The lowest BCUT2D eigenvalue weighted by Gasteiger charge is -2.14. The molecule has 1 unspecified atom stereocenters. The minimum Gasteiger partial charge on any atom is -0.418 e. The Morgan fingerprint density at radius 1 is 0.821 bits per heavy atom. The van der Waals surface area contributed by atoms with Gasteiger partial charge in [0.1, 0.15) is 11.9 Å². The molecule has 1 aromatic heterocycles. The molecule has 0 amide bonds. The van der Waals surface area contributed by atoms with Gasteiger partial charge in [0.2, 0.25) is 0 Å². The van der Waals surface area contributed by atoms with Crippen molar-refractivity contribution in [3.8, 4) is 0 Å². The first-order valence-corrected chi connectivity index (χ1v) is 11.1. The molecule has 0 saturated heterocycles. The summed E-state index contributed by atoms with van der Waals surface area (Å²) in [5, 5.41) is 0. The number of aromatic amines is 1. The Kier molecular flexibility index (Phi) is 15.3. The highest BCUT2D eigenvalue weighted by Gasteiger charge is 2.21. The molecule has 1 heterocycles. The molecule has 1 aromatic rings. The molecule has 0 spiro atoms. The van der Waals surface area contributed by atoms with Gasteiger partial charge in [-0.25, -0.2) is 9.55 Å². The standard InChI is InChI=1S/C21H40N2.BF4/c1-5-7-9-11-12-13-15-17-20(16-14-10-8-6-2)21-18-22-19(3)23(21)4;2-1(3,4)5/h18,20H,5-17H2,1-4H3;/q;-1/p+1. The smallest absolute Gasteiger partial charge is 0.418 e. The van der Waals surface area contributed by atoms with E-state index in [0.29, 0.717) is 0 Å². The van der Waals surface area contributed by atoms with Crippen LogP contribution in [0.25, 0.3) is 0 Å². The highest BCUT2D eigenvalue weighted by atomic mass is 19.5. The molecule has 0 fully saturated rings. The molecule has 7 heteroatoms. The van der Waals surface area contributed by atoms with Gasteiger partial charge in [-0.15, -0.1) is 0 Å². The summed E-state index contributed by atoms with van der Waals surface area (Å²) < 4.78 is 41.4. The van der Waals surface area contributed by atoms with Crippen LogP contribution in [-0.2, 0) is 7.05 Å². The zero-order valence-electron chi connectivity index (χ0n) is 18.4. The lowest BCUT2D eigenvalue weighted by Crippen LogP contribution is -2.35. The average molecular weight is 408 g/mol. The van der Waals surface area contributed by atoms with Crippen molar-refractivity contribution in [1.82, 2.24) is 4.98 Å². The van der Waals surface area contributed by atoms with E-state index in [2.05, 4.69) is 43.6 Å². The monoisotopic (exact) mass is 408 g/mol. The molecule has 0 radical (unpaired) electrons. The maximum Gasteiger partial charge on any atom is 0.673 e. The van der Waals surface area contributed by atoms with E-state index in [9.17, 15) is 17.3 Å². The SMILES string of the molecule is CCCCCCCCCC(CCCCCC)c1c[nH]c(C)[n+]1C.F[B-](F)(F)F. The molecule has 1 N–H and O–H groups in total. The summed E-state index contributed by atoms with van der Waals surface area (Å²) in [7, 11) is -3.79. The van der Waals surface area contributed by atoms with E-state index in [4.69, 9.17) is 0 Å². The number of nitrogens with zero attached hydrogens (tertiary/aromatic N) is 1. The first-order chi connectivity index (χ1) is 13.2. The first kappa shape index (κ1) is 27.0. The van der Waals surface area contributed by atoms with Gasteiger partial charge in [0, 0.05) is 12.8 Å². The molecule has 0 aromatic carbocycles. The second-order valence-corrected chi connectivity index (χ2v) is 7.81. The van der Waals surface area contributed by atoms with Crippen LogP contribution in [0.15, 0.2) is 6.20 Å². The van der Waals surface area contributed by atoms with Crippen molar-refractivity contribution in [3.63, 3.8) is 0 Å². The second kappa shape index (κ2) is 15.9. The molecule has 166 valence electrons. The molecule has 0 aliphatic carbocycles. The number of unbranched alkanes of at least 4 members (excludes halogenated alkanes) is 9. The summed E-state index contributed by atoms with van der Waals surface area (Å²) in [6.07, 6.45) is 20.4. The van der Waals surface area contributed by atoms with Gasteiger partial charge < -0.3 is 17.3 Å². The number of hydrogen-bond acceptors (Lipinski definition) is 0. The van der Waals surface area contributed by atoms with Crippen LogP contribution in [0.3, 0.4) is 0 Å². The van der Waals surface area contributed by atoms with Crippen LogP contribution in [-0.4, -0.2) is 12.2 Å². The second-order valence-electron chi connectivity index (χ2n) is 7.81. The zero-order valence-corrected chi connectivity index (χ0v) is 18.4. The van der Waals surface area contributed by atoms with Crippen LogP contribution < -0.4 is 4.57 Å². The van der Waals surface area contributed by atoms with E-state index in [1.54, 1.807) is 0 Å². The van der Waals surface area contributed by atoms with E-state index >= 15 is 0 Å². The Bertz CT molecular complexity index is 483. The van der Waals surface area contributed by atoms with E-state index in [-0.39, 0.29) is 0 Å². The minimum absolute atomic E-state index is 0.748. The molecular weight excluding hydrogens is 367 g/mol. The molecule has 0 saturated carbocycles. The van der Waals surface area contributed by atoms with Gasteiger partial charge in [0.05, 0.1) is 7.05 Å². The summed E-state index contributed by atoms with van der Waals surface area (Å²) in [4.78, 5) is 3.41. The molecule has 0 aliphatic rings. The fraction of sp³-hybridized carbons (Fsp3) is 0.857. The van der Waals surface area contributed by atoms with Crippen LogP contribution in [0.2, 0.25) is 0 Å². The third-order valence-corrected chi connectivity index (χ3v) is 5.30. The van der Waals surface area contributed by atoms with Crippen LogP contribution in [0.1, 0.15) is 115 Å². The van der Waals surface area contributed by atoms with E-state index in [0.717, 1.165) is 5.92 Å². The van der Waals surface area contributed by atoms with Gasteiger partial charge in [-0.05, 0) is 12.8 Å². The number of nitrogens with one attached hydrogen (secondary N) is 1. The first-order valence-electron chi connectivity index (χ1n) is 11.1. The van der Waals surface area contributed by atoms with Crippen LogP contribution in [0.5, 0.6) is 0 Å². The molecule has 1 atom stereocenters. The maximum absolute atomic E-state index is 9.75. The summed E-state index contributed by atoms with van der Waals surface area (Å²) in [6.45, 7) is 6.76. The van der Waals surface area contributed by atoms with Crippen LogP contribution in [0.4, 0.5) is 17.3 Å². The number of H-pyrrole nitrogens is 1. The summed E-state index contributed by atoms with van der Waals surface area (Å²) >= 11 is 0. The third-order valence-electron chi connectivity index (χ3n) is 5.30. The Balaban J connectivity index is 0.00000129. The summed E-state index contributed by atoms with van der Waals surface area (Å²) in [5.41, 5.74) is 1.52. The molecule has 0 aliphatic heterocycles. The lowest BCUT2D eigenvalue weighted by atomic mass is 9.91. The number of imidazole rings is 1. The van der Waals surface area contributed by atoms with Crippen molar-refractivity contribution in [2.24, 2.45) is 7.05 Å². The number of aryl methyl sites for hydroxylation is 1. The number of halogens is 4. The fourth-order valence-electron chi connectivity index (χ4n) is 3.56. The Labute approximate surface area is 169 Å². The molecule has 2 nitrogen and oxygen atoms in total. The predicted octanol–water partition coefficient (Wildman–Crippen LogP) is 7.64. The normalized spacial score (nSPS) is 12.6. The summed E-state index contributed by atoms with van der Waals surface area (Å²) in [5.74, 6) is 2.02. The highest BCUT2D eigenvalue weighted by molar-refractivity contribution is 6.50. The predicted molar refractivity (Wildman–Crippen MR) is 111 cm³/mol. The van der Waals surface area contributed by atoms with Crippen molar-refractivity contribution in [2.45, 2.75) is 110 Å². The van der Waals surface area contributed by atoms with Gasteiger partial charge in [-0.3, -0.25) is 0 Å². The van der Waals surface area contributed by atoms with Crippen LogP contribution >= 0.6 is 0 Å². The fourth-order valence-corrected chi connectivity index (χ4v) is 3.56. The van der Waals surface area contributed by atoms with Crippen molar-refractivity contribution < 1.29 is 21.8 Å². The Morgan fingerprint density at radius 3 is 1.61 bits per heavy atom. The zero-order chi connectivity index (χ0) is 21.4. The summed E-state index contributed by atoms with van der Waals surface area (Å²) in [6, 6.07) is 0. The molecular formula is C21H41BF4N2. The van der Waals surface area contributed by atoms with Gasteiger partial charge in [-0.1, -0.05) is 84.5 Å². The van der Waals surface area contributed by atoms with Crippen molar-refractivity contribution in [2.75, 3.05) is 0 Å². The number of aromatic nitrogens is 2. The van der Waals surface area contributed by atoms with Crippen molar-refractivity contribution in [3.05, 3.63) is 17.7 Å². The molecule has 0 bridgehead atoms. The van der Waals surface area contributed by atoms with Crippen LogP contribution in [0, 0.1) is 6.92 Å². The molecule has 1 rings (SSSR count).